The Morgan fingerprint density at radius 2 is 1.83 bits per heavy atom. The molecule has 1 atom stereocenters. The number of aromatic nitrogens is 2. The van der Waals surface area contributed by atoms with E-state index >= 15 is 0 Å². The number of amides is 1. The molecule has 0 spiro atoms. The second kappa shape index (κ2) is 8.75. The van der Waals surface area contributed by atoms with Crippen LogP contribution in [0.25, 0.3) is 5.69 Å². The molecule has 7 heteroatoms. The number of benzene rings is 2. The number of aliphatic hydroxyl groups excluding tert-OH is 1. The van der Waals surface area contributed by atoms with Crippen LogP contribution in [0, 0.1) is 11.6 Å². The number of halogens is 2. The first-order valence-corrected chi connectivity index (χ1v) is 10.1. The normalized spacial score (nSPS) is 14.6. The molecule has 2 N–H and O–H groups in total. The summed E-state index contributed by atoms with van der Waals surface area (Å²) in [5.74, 6) is -2.40. The smallest absolute Gasteiger partial charge is 0.272 e. The Labute approximate surface area is 173 Å². The van der Waals surface area contributed by atoms with E-state index in [4.69, 9.17) is 0 Å². The lowest BCUT2D eigenvalue weighted by Crippen LogP contribution is -2.29. The lowest BCUT2D eigenvalue weighted by molar-refractivity contribution is 0.0910. The minimum Gasteiger partial charge on any atom is -0.387 e. The van der Waals surface area contributed by atoms with Crippen LogP contribution < -0.4 is 5.32 Å². The van der Waals surface area contributed by atoms with Crippen molar-refractivity contribution in [1.29, 1.82) is 0 Å². The standard InChI is InChI=1S/C23H23F2N3O2/c24-18-12-11-15(13-19(18)25)21(29)14-26-23(30)22-17-9-5-2-6-10-20(17)28(27-22)16-7-3-1-4-8-16/h1,3-4,7-8,11-13,21,29H,2,5-6,9-10,14H2,(H,26,30)/t21-/m0/s1. The van der Waals surface area contributed by atoms with Crippen LogP contribution in [-0.2, 0) is 12.8 Å². The summed E-state index contributed by atoms with van der Waals surface area (Å²) in [6, 6.07) is 12.9. The van der Waals surface area contributed by atoms with Crippen molar-refractivity contribution in [2.45, 2.75) is 38.2 Å². The molecule has 0 saturated carbocycles. The van der Waals surface area contributed by atoms with Crippen LogP contribution in [0.1, 0.15) is 52.7 Å². The van der Waals surface area contributed by atoms with E-state index < -0.39 is 17.7 Å². The van der Waals surface area contributed by atoms with Crippen molar-refractivity contribution in [3.05, 3.63) is 82.7 Å². The van der Waals surface area contributed by atoms with E-state index in [0.29, 0.717) is 5.69 Å². The van der Waals surface area contributed by atoms with Crippen molar-refractivity contribution < 1.29 is 18.7 Å². The van der Waals surface area contributed by atoms with E-state index in [1.165, 1.54) is 6.07 Å². The Hall–Kier alpha value is -3.06. The highest BCUT2D eigenvalue weighted by atomic mass is 19.2. The van der Waals surface area contributed by atoms with Crippen molar-refractivity contribution in [3.63, 3.8) is 0 Å². The summed E-state index contributed by atoms with van der Waals surface area (Å²) < 4.78 is 28.3. The van der Waals surface area contributed by atoms with Gasteiger partial charge in [0.1, 0.15) is 0 Å². The van der Waals surface area contributed by atoms with Gasteiger partial charge in [0.05, 0.1) is 11.8 Å². The minimum atomic E-state index is -1.15. The van der Waals surface area contributed by atoms with Crippen LogP contribution in [-0.4, -0.2) is 27.3 Å². The topological polar surface area (TPSA) is 67.2 Å². The molecule has 1 aromatic heterocycles. The van der Waals surface area contributed by atoms with Gasteiger partial charge >= 0.3 is 0 Å². The van der Waals surface area contributed by atoms with Gasteiger partial charge in [0.25, 0.3) is 5.91 Å². The molecule has 0 bridgehead atoms. The lowest BCUT2D eigenvalue weighted by Gasteiger charge is -2.12. The Morgan fingerprint density at radius 1 is 1.07 bits per heavy atom. The zero-order chi connectivity index (χ0) is 21.1. The van der Waals surface area contributed by atoms with Crippen molar-refractivity contribution in [3.8, 4) is 5.69 Å². The Morgan fingerprint density at radius 3 is 2.60 bits per heavy atom. The van der Waals surface area contributed by atoms with Crippen LogP contribution in [0.2, 0.25) is 0 Å². The third-order valence-electron chi connectivity index (χ3n) is 5.43. The zero-order valence-electron chi connectivity index (χ0n) is 16.4. The van der Waals surface area contributed by atoms with Crippen LogP contribution in [0.5, 0.6) is 0 Å². The van der Waals surface area contributed by atoms with Gasteiger partial charge in [-0.05, 0) is 55.5 Å². The summed E-state index contributed by atoms with van der Waals surface area (Å²) in [6.45, 7) is -0.128. The number of carbonyl (C=O) groups excluding carboxylic acids is 1. The van der Waals surface area contributed by atoms with Gasteiger partial charge in [0.2, 0.25) is 0 Å². The molecule has 1 aliphatic carbocycles. The van der Waals surface area contributed by atoms with E-state index in [1.54, 1.807) is 0 Å². The highest BCUT2D eigenvalue weighted by Crippen LogP contribution is 2.26. The quantitative estimate of drug-likeness (QED) is 0.626. The monoisotopic (exact) mass is 411 g/mol. The third kappa shape index (κ3) is 4.11. The lowest BCUT2D eigenvalue weighted by atomic mass is 10.1. The molecular weight excluding hydrogens is 388 g/mol. The molecule has 5 nitrogen and oxygen atoms in total. The molecule has 3 aromatic rings. The third-order valence-corrected chi connectivity index (χ3v) is 5.43. The molecule has 1 aliphatic rings. The maximum absolute atomic E-state index is 13.4. The molecule has 0 saturated heterocycles. The van der Waals surface area contributed by atoms with E-state index in [-0.39, 0.29) is 18.0 Å². The first kappa shape index (κ1) is 20.2. The predicted molar refractivity (Wildman–Crippen MR) is 108 cm³/mol. The van der Waals surface area contributed by atoms with E-state index in [9.17, 15) is 18.7 Å². The molecule has 0 radical (unpaired) electrons. The average molecular weight is 411 g/mol. The van der Waals surface area contributed by atoms with Gasteiger partial charge in [0.15, 0.2) is 17.3 Å². The zero-order valence-corrected chi connectivity index (χ0v) is 16.4. The first-order chi connectivity index (χ1) is 14.5. The number of hydrogen-bond acceptors (Lipinski definition) is 3. The molecule has 0 unspecified atom stereocenters. The van der Waals surface area contributed by atoms with Crippen LogP contribution in [0.3, 0.4) is 0 Å². The van der Waals surface area contributed by atoms with Crippen molar-refractivity contribution >= 4 is 5.91 Å². The van der Waals surface area contributed by atoms with E-state index in [0.717, 1.165) is 61.2 Å². The Balaban J connectivity index is 1.56. The van der Waals surface area contributed by atoms with Crippen LogP contribution >= 0.6 is 0 Å². The van der Waals surface area contributed by atoms with Gasteiger partial charge in [-0.1, -0.05) is 30.7 Å². The number of aliphatic hydroxyl groups is 1. The number of rotatable bonds is 5. The minimum absolute atomic E-state index is 0.128. The summed E-state index contributed by atoms with van der Waals surface area (Å²) in [6.07, 6.45) is 3.60. The summed E-state index contributed by atoms with van der Waals surface area (Å²) in [7, 11) is 0. The van der Waals surface area contributed by atoms with E-state index in [1.807, 2.05) is 35.0 Å². The van der Waals surface area contributed by atoms with Crippen molar-refractivity contribution in [1.82, 2.24) is 15.1 Å². The first-order valence-electron chi connectivity index (χ1n) is 10.1. The van der Waals surface area contributed by atoms with Crippen LogP contribution in [0.4, 0.5) is 8.78 Å². The molecule has 1 amide bonds. The summed E-state index contributed by atoms with van der Waals surface area (Å²) in [4.78, 5) is 12.9. The molecule has 30 heavy (non-hydrogen) atoms. The maximum Gasteiger partial charge on any atom is 0.272 e. The number of fused-ring (bicyclic) bond motifs is 1. The van der Waals surface area contributed by atoms with Gasteiger partial charge in [-0.15, -0.1) is 0 Å². The second-order valence-corrected chi connectivity index (χ2v) is 7.48. The molecular formula is C23H23F2N3O2. The fraction of sp³-hybridized carbons (Fsp3) is 0.304. The van der Waals surface area contributed by atoms with Crippen LogP contribution in [0.15, 0.2) is 48.5 Å². The van der Waals surface area contributed by atoms with Gasteiger partial charge in [-0.2, -0.15) is 5.10 Å². The molecule has 1 heterocycles. The SMILES string of the molecule is O=C(NC[C@H](O)c1ccc(F)c(F)c1)c1nn(-c2ccccc2)c2c1CCCCC2. The molecule has 0 aliphatic heterocycles. The second-order valence-electron chi connectivity index (χ2n) is 7.48. The highest BCUT2D eigenvalue weighted by molar-refractivity contribution is 5.94. The van der Waals surface area contributed by atoms with Crippen molar-refractivity contribution in [2.24, 2.45) is 0 Å². The number of nitrogens with zero attached hydrogens (tertiary/aromatic N) is 2. The average Bonchev–Trinajstić information content (AvgIpc) is 2.95. The van der Waals surface area contributed by atoms with E-state index in [2.05, 4.69) is 10.4 Å². The fourth-order valence-corrected chi connectivity index (χ4v) is 3.85. The number of carbonyl (C=O) groups is 1. The van der Waals surface area contributed by atoms with Gasteiger partial charge < -0.3 is 10.4 Å². The van der Waals surface area contributed by atoms with Gasteiger partial charge in [-0.25, -0.2) is 13.5 Å². The Kier molecular flexibility index (Phi) is 5.90. The number of nitrogens with one attached hydrogen (secondary N) is 1. The number of para-hydroxylation sites is 1. The summed E-state index contributed by atoms with van der Waals surface area (Å²) >= 11 is 0. The van der Waals surface area contributed by atoms with Gasteiger partial charge in [-0.3, -0.25) is 4.79 Å². The molecule has 4 rings (SSSR count). The fourth-order valence-electron chi connectivity index (χ4n) is 3.85. The largest absolute Gasteiger partial charge is 0.387 e. The Bertz CT molecular complexity index is 1050. The van der Waals surface area contributed by atoms with Gasteiger partial charge in [0, 0.05) is 17.8 Å². The summed E-state index contributed by atoms with van der Waals surface area (Å²) in [5.41, 5.74) is 3.44. The number of hydrogen-bond donors (Lipinski definition) is 2. The molecule has 0 fully saturated rings. The van der Waals surface area contributed by atoms with Crippen molar-refractivity contribution in [2.75, 3.05) is 6.54 Å². The molecule has 2 aromatic carbocycles. The maximum atomic E-state index is 13.4. The predicted octanol–water partition coefficient (Wildman–Crippen LogP) is 3.88. The molecule has 156 valence electrons. The highest BCUT2D eigenvalue weighted by Gasteiger charge is 2.25. The summed E-state index contributed by atoms with van der Waals surface area (Å²) in [5, 5.41) is 17.5.